The van der Waals surface area contributed by atoms with Gasteiger partial charge in [0.05, 0.1) is 29.9 Å². The van der Waals surface area contributed by atoms with E-state index in [0.717, 1.165) is 50.8 Å². The summed E-state index contributed by atoms with van der Waals surface area (Å²) in [5, 5.41) is 0. The van der Waals surface area contributed by atoms with Crippen LogP contribution in [0.25, 0.3) is 45.0 Å². The lowest BCUT2D eigenvalue weighted by Gasteiger charge is -2.10. The van der Waals surface area contributed by atoms with Crippen molar-refractivity contribution >= 4 is 0 Å². The van der Waals surface area contributed by atoms with E-state index in [1.807, 2.05) is 48.5 Å². The Morgan fingerprint density at radius 2 is 0.969 bits per heavy atom. The van der Waals surface area contributed by atoms with Crippen LogP contribution < -0.4 is 4.74 Å². The molecule has 3 aromatic heterocycles. The molecule has 0 aliphatic heterocycles. The molecular weight excluding hydrogens is 394 g/mol. The Morgan fingerprint density at radius 1 is 0.500 bits per heavy atom. The molecule has 0 saturated heterocycles. The first-order valence-electron chi connectivity index (χ1n) is 10.4. The van der Waals surface area contributed by atoms with Gasteiger partial charge in [0.2, 0.25) is 0 Å². The fourth-order valence-electron chi connectivity index (χ4n) is 3.63. The molecule has 0 N–H and O–H groups in total. The second-order valence-electron chi connectivity index (χ2n) is 7.36. The van der Waals surface area contributed by atoms with E-state index in [2.05, 4.69) is 58.5 Å². The fourth-order valence-corrected chi connectivity index (χ4v) is 3.63. The van der Waals surface area contributed by atoms with Gasteiger partial charge in [-0.3, -0.25) is 9.97 Å². The number of aromatic nitrogens is 3. The third-order valence-corrected chi connectivity index (χ3v) is 5.32. The van der Waals surface area contributed by atoms with Gasteiger partial charge in [-0.2, -0.15) is 0 Å². The highest BCUT2D eigenvalue weighted by Crippen LogP contribution is 2.30. The summed E-state index contributed by atoms with van der Waals surface area (Å²) in [5.74, 6) is 0.853. The minimum absolute atomic E-state index is 0.822. The SMILES string of the molecule is COc1ccc(-c2ccc(-c3cc(-c4ccccn4)nc(-c4ccccn4)c3)cc2)cc1. The van der Waals surface area contributed by atoms with Gasteiger partial charge in [0.25, 0.3) is 0 Å². The number of hydrogen-bond donors (Lipinski definition) is 0. The highest BCUT2D eigenvalue weighted by Gasteiger charge is 2.10. The topological polar surface area (TPSA) is 47.9 Å². The molecule has 0 amide bonds. The first-order chi connectivity index (χ1) is 15.8. The van der Waals surface area contributed by atoms with Crippen molar-refractivity contribution in [2.45, 2.75) is 0 Å². The lowest BCUT2D eigenvalue weighted by molar-refractivity contribution is 0.415. The predicted molar refractivity (Wildman–Crippen MR) is 128 cm³/mol. The Morgan fingerprint density at radius 3 is 1.41 bits per heavy atom. The summed E-state index contributed by atoms with van der Waals surface area (Å²) in [6.07, 6.45) is 3.57. The summed E-state index contributed by atoms with van der Waals surface area (Å²) in [4.78, 5) is 13.8. The molecule has 5 aromatic rings. The Balaban J connectivity index is 1.56. The third kappa shape index (κ3) is 4.12. The van der Waals surface area contributed by atoms with Crippen LogP contribution in [-0.2, 0) is 0 Å². The van der Waals surface area contributed by atoms with Crippen molar-refractivity contribution in [3.8, 4) is 50.8 Å². The minimum atomic E-state index is 0.822. The summed E-state index contributed by atoms with van der Waals surface area (Å²) in [6, 6.07) is 32.5. The molecule has 0 aliphatic rings. The molecule has 154 valence electrons. The first-order valence-corrected chi connectivity index (χ1v) is 10.4. The van der Waals surface area contributed by atoms with Crippen molar-refractivity contribution in [3.63, 3.8) is 0 Å². The highest BCUT2D eigenvalue weighted by molar-refractivity contribution is 5.76. The molecule has 0 fully saturated rings. The summed E-state index contributed by atoms with van der Waals surface area (Å²) in [6.45, 7) is 0. The molecule has 0 unspecified atom stereocenters. The molecule has 0 atom stereocenters. The predicted octanol–water partition coefficient (Wildman–Crippen LogP) is 6.55. The highest BCUT2D eigenvalue weighted by atomic mass is 16.5. The molecule has 0 radical (unpaired) electrons. The van der Waals surface area contributed by atoms with Crippen molar-refractivity contribution in [2.75, 3.05) is 7.11 Å². The van der Waals surface area contributed by atoms with E-state index in [1.165, 1.54) is 0 Å². The smallest absolute Gasteiger partial charge is 0.118 e. The standard InChI is InChI=1S/C28H21N3O/c1-32-24-14-12-21(13-15-24)20-8-10-22(11-9-20)23-18-27(25-6-2-4-16-29-25)31-28(19-23)26-7-3-5-17-30-26/h2-19H,1H3. The van der Waals surface area contributed by atoms with Gasteiger partial charge in [0.1, 0.15) is 5.75 Å². The molecule has 2 aromatic carbocycles. The molecule has 0 spiro atoms. The Bertz CT molecular complexity index is 1260. The van der Waals surface area contributed by atoms with E-state index >= 15 is 0 Å². The number of benzene rings is 2. The first kappa shape index (κ1) is 19.6. The molecule has 0 aliphatic carbocycles. The zero-order valence-corrected chi connectivity index (χ0v) is 17.6. The molecular formula is C28H21N3O. The van der Waals surface area contributed by atoms with E-state index in [9.17, 15) is 0 Å². The third-order valence-electron chi connectivity index (χ3n) is 5.32. The summed E-state index contributed by atoms with van der Waals surface area (Å²) >= 11 is 0. The number of ether oxygens (including phenoxy) is 1. The Hall–Kier alpha value is -4.31. The zero-order valence-electron chi connectivity index (χ0n) is 17.6. The summed E-state index contributed by atoms with van der Waals surface area (Å²) in [5.41, 5.74) is 7.80. The van der Waals surface area contributed by atoms with E-state index in [0.29, 0.717) is 0 Å². The van der Waals surface area contributed by atoms with Gasteiger partial charge in [-0.25, -0.2) is 4.98 Å². The number of hydrogen-bond acceptors (Lipinski definition) is 4. The van der Waals surface area contributed by atoms with Gasteiger partial charge >= 0.3 is 0 Å². The van der Waals surface area contributed by atoms with Gasteiger partial charge in [0.15, 0.2) is 0 Å². The van der Waals surface area contributed by atoms with Crippen LogP contribution >= 0.6 is 0 Å². The van der Waals surface area contributed by atoms with E-state index < -0.39 is 0 Å². The van der Waals surface area contributed by atoms with Crippen LogP contribution in [0.15, 0.2) is 109 Å². The Kier molecular flexibility index (Phi) is 5.41. The van der Waals surface area contributed by atoms with Crippen LogP contribution in [0.3, 0.4) is 0 Å². The van der Waals surface area contributed by atoms with Crippen LogP contribution in [0.2, 0.25) is 0 Å². The lowest BCUT2D eigenvalue weighted by Crippen LogP contribution is -1.93. The number of methoxy groups -OCH3 is 1. The zero-order chi connectivity index (χ0) is 21.8. The maximum Gasteiger partial charge on any atom is 0.118 e. The maximum atomic E-state index is 5.26. The summed E-state index contributed by atoms with van der Waals surface area (Å²) < 4.78 is 5.26. The number of rotatable bonds is 5. The van der Waals surface area contributed by atoms with Gasteiger partial charge in [-0.05, 0) is 70.8 Å². The largest absolute Gasteiger partial charge is 0.497 e. The van der Waals surface area contributed by atoms with Crippen molar-refractivity contribution in [1.82, 2.24) is 15.0 Å². The molecule has 0 saturated carbocycles. The van der Waals surface area contributed by atoms with Crippen molar-refractivity contribution < 1.29 is 4.74 Å². The monoisotopic (exact) mass is 415 g/mol. The van der Waals surface area contributed by atoms with Crippen LogP contribution in [0.5, 0.6) is 5.75 Å². The van der Waals surface area contributed by atoms with Gasteiger partial charge in [0, 0.05) is 12.4 Å². The van der Waals surface area contributed by atoms with Crippen LogP contribution in [0.1, 0.15) is 0 Å². The molecule has 32 heavy (non-hydrogen) atoms. The van der Waals surface area contributed by atoms with Crippen LogP contribution in [0.4, 0.5) is 0 Å². The van der Waals surface area contributed by atoms with Crippen LogP contribution in [0, 0.1) is 0 Å². The average molecular weight is 415 g/mol. The normalized spacial score (nSPS) is 10.7. The van der Waals surface area contributed by atoms with Crippen molar-refractivity contribution in [1.29, 1.82) is 0 Å². The van der Waals surface area contributed by atoms with Gasteiger partial charge in [-0.1, -0.05) is 48.5 Å². The van der Waals surface area contributed by atoms with Crippen molar-refractivity contribution in [2.24, 2.45) is 0 Å². The second kappa shape index (κ2) is 8.82. The van der Waals surface area contributed by atoms with Crippen molar-refractivity contribution in [3.05, 3.63) is 109 Å². The number of pyridine rings is 3. The minimum Gasteiger partial charge on any atom is -0.497 e. The van der Waals surface area contributed by atoms with E-state index in [4.69, 9.17) is 9.72 Å². The quantitative estimate of drug-likeness (QED) is 0.327. The summed E-state index contributed by atoms with van der Waals surface area (Å²) in [7, 11) is 1.68. The number of nitrogens with zero attached hydrogens (tertiary/aromatic N) is 3. The maximum absolute atomic E-state index is 5.26. The molecule has 3 heterocycles. The van der Waals surface area contributed by atoms with Gasteiger partial charge < -0.3 is 4.74 Å². The Labute approximate surface area is 187 Å². The second-order valence-corrected chi connectivity index (χ2v) is 7.36. The van der Waals surface area contributed by atoms with E-state index in [-0.39, 0.29) is 0 Å². The fraction of sp³-hybridized carbons (Fsp3) is 0.0357. The van der Waals surface area contributed by atoms with E-state index in [1.54, 1.807) is 19.5 Å². The molecule has 5 rings (SSSR count). The molecule has 4 heteroatoms. The van der Waals surface area contributed by atoms with Crippen LogP contribution in [-0.4, -0.2) is 22.1 Å². The molecule has 0 bridgehead atoms. The average Bonchev–Trinajstić information content (AvgIpc) is 2.89. The lowest BCUT2D eigenvalue weighted by atomic mass is 9.99. The molecule has 4 nitrogen and oxygen atoms in total. The van der Waals surface area contributed by atoms with Gasteiger partial charge in [-0.15, -0.1) is 0 Å².